The van der Waals surface area contributed by atoms with Gasteiger partial charge in [0, 0.05) is 35.7 Å². The molecule has 1 aromatic carbocycles. The Morgan fingerprint density at radius 1 is 1.47 bits per heavy atom. The first-order valence-corrected chi connectivity index (χ1v) is 7.07. The third kappa shape index (κ3) is 3.91. The van der Waals surface area contributed by atoms with Gasteiger partial charge in [-0.1, -0.05) is 15.9 Å². The van der Waals surface area contributed by atoms with Gasteiger partial charge in [-0.3, -0.25) is 0 Å². The van der Waals surface area contributed by atoms with E-state index in [2.05, 4.69) is 21.2 Å². The number of carbonyl (C=O) groups is 1. The van der Waals surface area contributed by atoms with E-state index >= 15 is 0 Å². The van der Waals surface area contributed by atoms with Crippen LogP contribution in [0.25, 0.3) is 0 Å². The van der Waals surface area contributed by atoms with Crippen LogP contribution in [0.4, 0.5) is 9.18 Å². The molecule has 3 N–H and O–H groups in total. The van der Waals surface area contributed by atoms with Crippen LogP contribution in [0.15, 0.2) is 22.7 Å². The van der Waals surface area contributed by atoms with Crippen LogP contribution in [0.2, 0.25) is 0 Å². The van der Waals surface area contributed by atoms with Crippen molar-refractivity contribution in [2.24, 2.45) is 5.73 Å². The lowest BCUT2D eigenvalue weighted by Crippen LogP contribution is -2.46. The van der Waals surface area contributed by atoms with Crippen molar-refractivity contribution in [3.63, 3.8) is 0 Å². The lowest BCUT2D eigenvalue weighted by molar-refractivity contribution is 0.185. The zero-order chi connectivity index (χ0) is 13.8. The normalized spacial score (nSPS) is 16.6. The number of benzene rings is 1. The fourth-order valence-corrected chi connectivity index (χ4v) is 2.65. The minimum Gasteiger partial charge on any atom is -0.351 e. The molecule has 0 bridgehead atoms. The summed E-state index contributed by atoms with van der Waals surface area (Å²) < 4.78 is 14.4. The molecule has 0 saturated carbocycles. The largest absolute Gasteiger partial charge is 0.351 e. The van der Waals surface area contributed by atoms with E-state index in [4.69, 9.17) is 5.73 Å². The van der Waals surface area contributed by atoms with Crippen molar-refractivity contribution in [2.75, 3.05) is 13.1 Å². The smallest absolute Gasteiger partial charge is 0.314 e. The Hall–Kier alpha value is -1.14. The number of rotatable bonds is 3. The number of primary amides is 1. The third-order valence-electron chi connectivity index (χ3n) is 3.40. The van der Waals surface area contributed by atoms with Gasteiger partial charge in [-0.15, -0.1) is 0 Å². The number of urea groups is 1. The van der Waals surface area contributed by atoms with Crippen LogP contribution in [0.1, 0.15) is 18.4 Å². The maximum absolute atomic E-state index is 13.6. The summed E-state index contributed by atoms with van der Waals surface area (Å²) in [6.45, 7) is 1.81. The summed E-state index contributed by atoms with van der Waals surface area (Å²) >= 11 is 3.33. The number of likely N-dealkylation sites (tertiary alicyclic amines) is 1. The van der Waals surface area contributed by atoms with E-state index in [0.717, 1.165) is 17.3 Å². The summed E-state index contributed by atoms with van der Waals surface area (Å²) in [5, 5.41) is 3.33. The van der Waals surface area contributed by atoms with E-state index in [-0.39, 0.29) is 11.8 Å². The minimum atomic E-state index is -0.364. The monoisotopic (exact) mass is 329 g/mol. The fourth-order valence-electron chi connectivity index (χ4n) is 2.24. The highest BCUT2D eigenvalue weighted by molar-refractivity contribution is 9.10. The first-order chi connectivity index (χ1) is 9.06. The minimum absolute atomic E-state index is 0.203. The molecule has 19 heavy (non-hydrogen) atoms. The molecule has 0 aromatic heterocycles. The van der Waals surface area contributed by atoms with E-state index in [1.165, 1.54) is 6.07 Å². The molecule has 2 amide bonds. The number of piperidine rings is 1. The molecule has 0 atom stereocenters. The van der Waals surface area contributed by atoms with Crippen LogP contribution in [-0.4, -0.2) is 30.1 Å². The van der Waals surface area contributed by atoms with Crippen LogP contribution in [0, 0.1) is 5.82 Å². The molecule has 0 unspecified atom stereocenters. The van der Waals surface area contributed by atoms with Gasteiger partial charge >= 0.3 is 6.03 Å². The van der Waals surface area contributed by atoms with Crippen LogP contribution in [0.3, 0.4) is 0 Å². The molecular formula is C13H17BrFN3O. The van der Waals surface area contributed by atoms with Gasteiger partial charge in [0.25, 0.3) is 0 Å². The Bertz CT molecular complexity index is 461. The van der Waals surface area contributed by atoms with Crippen LogP contribution < -0.4 is 11.1 Å². The number of nitrogens with zero attached hydrogens (tertiary/aromatic N) is 1. The third-order valence-corrected chi connectivity index (χ3v) is 3.89. The van der Waals surface area contributed by atoms with E-state index in [9.17, 15) is 9.18 Å². The van der Waals surface area contributed by atoms with Crippen LogP contribution >= 0.6 is 15.9 Å². The molecule has 4 nitrogen and oxygen atoms in total. The predicted octanol–water partition coefficient (Wildman–Crippen LogP) is 2.22. The Morgan fingerprint density at radius 3 is 2.79 bits per heavy atom. The molecule has 0 radical (unpaired) electrons. The molecule has 1 heterocycles. The average Bonchev–Trinajstić information content (AvgIpc) is 2.40. The maximum atomic E-state index is 13.6. The molecule has 1 aliphatic rings. The van der Waals surface area contributed by atoms with Gasteiger partial charge in [-0.2, -0.15) is 0 Å². The number of hydrogen-bond donors (Lipinski definition) is 2. The summed E-state index contributed by atoms with van der Waals surface area (Å²) in [5.41, 5.74) is 5.87. The topological polar surface area (TPSA) is 58.4 Å². The number of nitrogens with two attached hydrogens (primary N) is 1. The van der Waals surface area contributed by atoms with Gasteiger partial charge in [-0.25, -0.2) is 9.18 Å². The molecule has 2 rings (SSSR count). The van der Waals surface area contributed by atoms with E-state index in [1.54, 1.807) is 17.0 Å². The Labute approximate surface area is 120 Å². The summed E-state index contributed by atoms with van der Waals surface area (Å²) in [5.74, 6) is -0.203. The van der Waals surface area contributed by atoms with Crippen molar-refractivity contribution < 1.29 is 9.18 Å². The first kappa shape index (κ1) is 14.3. The molecule has 104 valence electrons. The Balaban J connectivity index is 1.83. The van der Waals surface area contributed by atoms with Crippen molar-refractivity contribution in [3.05, 3.63) is 34.1 Å². The van der Waals surface area contributed by atoms with Crippen LogP contribution in [-0.2, 0) is 6.54 Å². The number of carbonyl (C=O) groups excluding carboxylic acids is 1. The quantitative estimate of drug-likeness (QED) is 0.893. The highest BCUT2D eigenvalue weighted by Crippen LogP contribution is 2.16. The van der Waals surface area contributed by atoms with Gasteiger partial charge in [0.1, 0.15) is 5.82 Å². The lowest BCUT2D eigenvalue weighted by Gasteiger charge is -2.31. The first-order valence-electron chi connectivity index (χ1n) is 6.28. The Morgan fingerprint density at radius 2 is 2.16 bits per heavy atom. The number of halogens is 2. The van der Waals surface area contributed by atoms with Crippen molar-refractivity contribution in [1.82, 2.24) is 10.2 Å². The average molecular weight is 330 g/mol. The molecule has 1 saturated heterocycles. The van der Waals surface area contributed by atoms with Gasteiger partial charge in [-0.05, 0) is 31.0 Å². The number of amides is 2. The second-order valence-corrected chi connectivity index (χ2v) is 5.63. The molecule has 1 aliphatic heterocycles. The SMILES string of the molecule is NC(=O)N1CCC(NCc2cc(Br)ccc2F)CC1. The molecule has 0 spiro atoms. The van der Waals surface area contributed by atoms with Crippen molar-refractivity contribution in [2.45, 2.75) is 25.4 Å². The molecule has 1 fully saturated rings. The van der Waals surface area contributed by atoms with Gasteiger partial charge in [0.2, 0.25) is 0 Å². The summed E-state index contributed by atoms with van der Waals surface area (Å²) in [6.07, 6.45) is 1.69. The standard InChI is InChI=1S/C13H17BrFN3O/c14-10-1-2-12(15)9(7-10)8-17-11-3-5-18(6-4-11)13(16)19/h1-2,7,11,17H,3-6,8H2,(H2,16,19). The molecule has 0 aliphatic carbocycles. The number of nitrogens with one attached hydrogen (secondary N) is 1. The van der Waals surface area contributed by atoms with Crippen LogP contribution in [0.5, 0.6) is 0 Å². The van der Waals surface area contributed by atoms with Crippen molar-refractivity contribution in [3.8, 4) is 0 Å². The highest BCUT2D eigenvalue weighted by atomic mass is 79.9. The predicted molar refractivity (Wildman–Crippen MR) is 75.1 cm³/mol. The van der Waals surface area contributed by atoms with Crippen molar-refractivity contribution >= 4 is 22.0 Å². The Kier molecular flexibility index (Phi) is 4.76. The van der Waals surface area contributed by atoms with E-state index < -0.39 is 0 Å². The van der Waals surface area contributed by atoms with Gasteiger partial charge in [0.05, 0.1) is 0 Å². The molecular weight excluding hydrogens is 313 g/mol. The van der Waals surface area contributed by atoms with Gasteiger partial charge < -0.3 is 16.0 Å². The highest BCUT2D eigenvalue weighted by Gasteiger charge is 2.20. The summed E-state index contributed by atoms with van der Waals surface area (Å²) in [7, 11) is 0. The zero-order valence-electron chi connectivity index (χ0n) is 10.5. The second-order valence-electron chi connectivity index (χ2n) is 4.72. The van der Waals surface area contributed by atoms with Crippen molar-refractivity contribution in [1.29, 1.82) is 0 Å². The van der Waals surface area contributed by atoms with E-state index in [0.29, 0.717) is 31.2 Å². The lowest BCUT2D eigenvalue weighted by atomic mass is 10.0. The number of hydrogen-bond acceptors (Lipinski definition) is 2. The summed E-state index contributed by atoms with van der Waals surface area (Å²) in [4.78, 5) is 12.6. The molecule has 1 aromatic rings. The van der Waals surface area contributed by atoms with Gasteiger partial charge in [0.15, 0.2) is 0 Å². The fraction of sp³-hybridized carbons (Fsp3) is 0.462. The molecule has 6 heteroatoms. The van der Waals surface area contributed by atoms with E-state index in [1.807, 2.05) is 0 Å². The zero-order valence-corrected chi connectivity index (χ0v) is 12.1. The summed E-state index contributed by atoms with van der Waals surface area (Å²) in [6, 6.07) is 4.85. The maximum Gasteiger partial charge on any atom is 0.314 e. The second kappa shape index (κ2) is 6.34.